The van der Waals surface area contributed by atoms with E-state index >= 15 is 0 Å². The van der Waals surface area contributed by atoms with Crippen molar-refractivity contribution < 1.29 is 0 Å². The average molecular weight is 424 g/mol. The van der Waals surface area contributed by atoms with Gasteiger partial charge in [-0.05, 0) is 67.6 Å². The van der Waals surface area contributed by atoms with Crippen LogP contribution in [-0.2, 0) is 12.0 Å². The molecule has 4 rings (SSSR count). The second-order valence-electron chi connectivity index (χ2n) is 8.41. The van der Waals surface area contributed by atoms with Crippen molar-refractivity contribution in [1.82, 2.24) is 4.90 Å². The SMILES string of the molecule is CC(C)N(Cc1ccccc1)C1CC(c2ccc(Cl)cc2)(c2ccc(Cl)cc2)C1. The van der Waals surface area contributed by atoms with E-state index in [1.807, 2.05) is 24.3 Å². The summed E-state index contributed by atoms with van der Waals surface area (Å²) in [5.74, 6) is 0. The molecule has 1 aliphatic carbocycles. The first-order valence-corrected chi connectivity index (χ1v) is 11.1. The number of hydrogen-bond acceptors (Lipinski definition) is 1. The van der Waals surface area contributed by atoms with E-state index in [0.29, 0.717) is 12.1 Å². The van der Waals surface area contributed by atoms with Gasteiger partial charge in [0.1, 0.15) is 0 Å². The Morgan fingerprint density at radius 1 is 0.793 bits per heavy atom. The van der Waals surface area contributed by atoms with Crippen LogP contribution < -0.4 is 0 Å². The standard InChI is InChI=1S/C26H27Cl2N/c1-19(2)29(18-20-6-4-3-5-7-20)25-16-26(17-25,21-8-12-23(27)13-9-21)22-10-14-24(28)15-11-22/h3-15,19,25H,16-18H2,1-2H3. The molecule has 1 aliphatic rings. The molecule has 0 N–H and O–H groups in total. The zero-order valence-corrected chi connectivity index (χ0v) is 18.5. The fraction of sp³-hybridized carbons (Fsp3) is 0.308. The van der Waals surface area contributed by atoms with Crippen molar-refractivity contribution in [2.24, 2.45) is 0 Å². The highest BCUT2D eigenvalue weighted by molar-refractivity contribution is 6.30. The number of rotatable bonds is 6. The van der Waals surface area contributed by atoms with Crippen LogP contribution in [-0.4, -0.2) is 17.0 Å². The van der Waals surface area contributed by atoms with Gasteiger partial charge in [-0.3, -0.25) is 4.90 Å². The lowest BCUT2D eigenvalue weighted by Crippen LogP contribution is -2.55. The van der Waals surface area contributed by atoms with Crippen LogP contribution in [0.3, 0.4) is 0 Å². The van der Waals surface area contributed by atoms with Crippen molar-refractivity contribution in [1.29, 1.82) is 0 Å². The van der Waals surface area contributed by atoms with Gasteiger partial charge in [-0.2, -0.15) is 0 Å². The molecular formula is C26H27Cl2N. The minimum Gasteiger partial charge on any atom is -0.294 e. The molecule has 0 aromatic heterocycles. The van der Waals surface area contributed by atoms with Crippen LogP contribution in [0.25, 0.3) is 0 Å². The Hall–Kier alpha value is -1.80. The Bertz CT molecular complexity index is 879. The van der Waals surface area contributed by atoms with E-state index in [-0.39, 0.29) is 5.41 Å². The maximum Gasteiger partial charge on any atom is 0.0406 e. The van der Waals surface area contributed by atoms with Crippen molar-refractivity contribution in [3.8, 4) is 0 Å². The van der Waals surface area contributed by atoms with Gasteiger partial charge in [0.15, 0.2) is 0 Å². The fourth-order valence-electron chi connectivity index (χ4n) is 4.68. The first-order chi connectivity index (χ1) is 14.0. The summed E-state index contributed by atoms with van der Waals surface area (Å²) < 4.78 is 0. The number of hydrogen-bond donors (Lipinski definition) is 0. The molecule has 1 fully saturated rings. The molecule has 0 atom stereocenters. The zero-order chi connectivity index (χ0) is 20.4. The van der Waals surface area contributed by atoms with Gasteiger partial charge < -0.3 is 0 Å². The van der Waals surface area contributed by atoms with Crippen LogP contribution in [0.1, 0.15) is 43.4 Å². The minimum atomic E-state index is 0.0175. The molecule has 3 aromatic carbocycles. The molecule has 1 saturated carbocycles. The molecule has 150 valence electrons. The van der Waals surface area contributed by atoms with E-state index in [4.69, 9.17) is 23.2 Å². The average Bonchev–Trinajstić information content (AvgIpc) is 2.69. The third-order valence-electron chi connectivity index (χ3n) is 6.30. The van der Waals surface area contributed by atoms with Crippen molar-refractivity contribution in [3.63, 3.8) is 0 Å². The maximum atomic E-state index is 6.18. The fourth-order valence-corrected chi connectivity index (χ4v) is 4.93. The van der Waals surface area contributed by atoms with E-state index in [1.54, 1.807) is 0 Å². The first-order valence-electron chi connectivity index (χ1n) is 10.3. The topological polar surface area (TPSA) is 3.24 Å². The Morgan fingerprint density at radius 3 is 1.72 bits per heavy atom. The zero-order valence-electron chi connectivity index (χ0n) is 17.0. The second kappa shape index (κ2) is 8.52. The van der Waals surface area contributed by atoms with Crippen LogP contribution >= 0.6 is 23.2 Å². The van der Waals surface area contributed by atoms with Gasteiger partial charge >= 0.3 is 0 Å². The number of halogens is 2. The van der Waals surface area contributed by atoms with E-state index in [0.717, 1.165) is 29.4 Å². The van der Waals surface area contributed by atoms with Crippen LogP contribution in [0.2, 0.25) is 10.0 Å². The highest BCUT2D eigenvalue weighted by Crippen LogP contribution is 2.51. The predicted molar refractivity (Wildman–Crippen MR) is 124 cm³/mol. The monoisotopic (exact) mass is 423 g/mol. The molecule has 0 heterocycles. The van der Waals surface area contributed by atoms with Gasteiger partial charge in [-0.15, -0.1) is 0 Å². The quantitative estimate of drug-likeness (QED) is 0.400. The van der Waals surface area contributed by atoms with Crippen LogP contribution in [0.5, 0.6) is 0 Å². The van der Waals surface area contributed by atoms with Gasteiger partial charge in [0.05, 0.1) is 0 Å². The Morgan fingerprint density at radius 2 is 1.28 bits per heavy atom. The Kier molecular flexibility index (Phi) is 6.01. The number of benzene rings is 3. The van der Waals surface area contributed by atoms with E-state index < -0.39 is 0 Å². The predicted octanol–water partition coefficient (Wildman–Crippen LogP) is 7.35. The molecule has 1 nitrogen and oxygen atoms in total. The largest absolute Gasteiger partial charge is 0.294 e. The van der Waals surface area contributed by atoms with E-state index in [1.165, 1.54) is 16.7 Å². The third kappa shape index (κ3) is 4.23. The third-order valence-corrected chi connectivity index (χ3v) is 6.81. The molecular weight excluding hydrogens is 397 g/mol. The van der Waals surface area contributed by atoms with Crippen molar-refractivity contribution in [2.45, 2.75) is 50.7 Å². The lowest BCUT2D eigenvalue weighted by Gasteiger charge is -2.54. The summed E-state index contributed by atoms with van der Waals surface area (Å²) in [6.45, 7) is 5.58. The molecule has 0 saturated heterocycles. The smallest absolute Gasteiger partial charge is 0.0406 e. The second-order valence-corrected chi connectivity index (χ2v) is 9.28. The lowest BCUT2D eigenvalue weighted by atomic mass is 9.57. The van der Waals surface area contributed by atoms with Crippen molar-refractivity contribution in [2.75, 3.05) is 0 Å². The van der Waals surface area contributed by atoms with E-state index in [9.17, 15) is 0 Å². The highest BCUT2D eigenvalue weighted by Gasteiger charge is 2.49. The summed E-state index contributed by atoms with van der Waals surface area (Å²) in [5, 5.41) is 1.56. The molecule has 0 amide bonds. The van der Waals surface area contributed by atoms with Crippen LogP contribution in [0, 0.1) is 0 Å². The minimum absolute atomic E-state index is 0.0175. The lowest BCUT2D eigenvalue weighted by molar-refractivity contribution is 0.0418. The van der Waals surface area contributed by atoms with Gasteiger partial charge in [0.25, 0.3) is 0 Å². The van der Waals surface area contributed by atoms with Gasteiger partial charge in [0.2, 0.25) is 0 Å². The van der Waals surface area contributed by atoms with Gasteiger partial charge in [-0.1, -0.05) is 77.8 Å². The van der Waals surface area contributed by atoms with Crippen molar-refractivity contribution >= 4 is 23.2 Å². The van der Waals surface area contributed by atoms with Gasteiger partial charge in [0, 0.05) is 34.1 Å². The molecule has 0 radical (unpaired) electrons. The van der Waals surface area contributed by atoms with Crippen LogP contribution in [0.4, 0.5) is 0 Å². The molecule has 29 heavy (non-hydrogen) atoms. The summed E-state index contributed by atoms with van der Waals surface area (Å²) in [4.78, 5) is 2.64. The molecule has 3 heteroatoms. The summed E-state index contributed by atoms with van der Waals surface area (Å²) in [5.41, 5.74) is 4.06. The highest BCUT2D eigenvalue weighted by atomic mass is 35.5. The van der Waals surface area contributed by atoms with Crippen molar-refractivity contribution in [3.05, 3.63) is 106 Å². The van der Waals surface area contributed by atoms with E-state index in [2.05, 4.69) is 73.3 Å². The summed E-state index contributed by atoms with van der Waals surface area (Å²) in [7, 11) is 0. The van der Waals surface area contributed by atoms with Crippen LogP contribution in [0.15, 0.2) is 78.9 Å². The molecule has 0 aliphatic heterocycles. The summed E-state index contributed by atoms with van der Waals surface area (Å²) >= 11 is 12.4. The first kappa shape index (κ1) is 20.5. The normalized spacial score (nSPS) is 16.2. The Balaban J connectivity index is 1.63. The molecule has 0 bridgehead atoms. The molecule has 3 aromatic rings. The number of nitrogens with zero attached hydrogens (tertiary/aromatic N) is 1. The summed E-state index contributed by atoms with van der Waals surface area (Å²) in [6.07, 6.45) is 2.20. The Labute approximate surface area is 184 Å². The summed E-state index contributed by atoms with van der Waals surface area (Å²) in [6, 6.07) is 28.6. The molecule has 0 spiro atoms. The molecule has 0 unspecified atom stereocenters. The van der Waals surface area contributed by atoms with Gasteiger partial charge in [-0.25, -0.2) is 0 Å². The maximum absolute atomic E-state index is 6.18.